The van der Waals surface area contributed by atoms with Gasteiger partial charge in [-0.15, -0.1) is 11.6 Å². The zero-order valence-corrected chi connectivity index (χ0v) is 16.8. The van der Waals surface area contributed by atoms with Crippen LogP contribution in [0.3, 0.4) is 0 Å². The number of ether oxygens (including phenoxy) is 2. The second kappa shape index (κ2) is 8.18. The first-order chi connectivity index (χ1) is 12.5. The Kier molecular flexibility index (Phi) is 6.13. The van der Waals surface area contributed by atoms with Crippen molar-refractivity contribution in [3.8, 4) is 5.75 Å². The van der Waals surface area contributed by atoms with Crippen molar-refractivity contribution in [1.82, 2.24) is 4.90 Å². The van der Waals surface area contributed by atoms with E-state index in [2.05, 4.69) is 18.7 Å². The van der Waals surface area contributed by atoms with E-state index >= 15 is 0 Å². The number of carbonyl (C=O) groups is 1. The normalized spacial score (nSPS) is 22.8. The first-order valence-corrected chi connectivity index (χ1v) is 10.3. The number of carbonyl (C=O) groups excluding carboxylic acids is 1. The third-order valence-corrected chi connectivity index (χ3v) is 6.37. The molecule has 1 saturated carbocycles. The highest BCUT2D eigenvalue weighted by Gasteiger charge is 2.53. The van der Waals surface area contributed by atoms with Crippen LogP contribution in [0.1, 0.15) is 62.4 Å². The van der Waals surface area contributed by atoms with Gasteiger partial charge in [0.2, 0.25) is 0 Å². The van der Waals surface area contributed by atoms with Crippen LogP contribution in [0.2, 0.25) is 0 Å². The van der Waals surface area contributed by atoms with Crippen molar-refractivity contribution in [1.29, 1.82) is 0 Å². The van der Waals surface area contributed by atoms with Gasteiger partial charge in [-0.2, -0.15) is 0 Å². The molecule has 1 aliphatic carbocycles. The summed E-state index contributed by atoms with van der Waals surface area (Å²) in [4.78, 5) is 14.6. The second-order valence-corrected chi connectivity index (χ2v) is 7.91. The minimum atomic E-state index is -0.325. The van der Waals surface area contributed by atoms with Gasteiger partial charge in [-0.25, -0.2) is 4.79 Å². The molecule has 4 nitrogen and oxygen atoms in total. The highest BCUT2D eigenvalue weighted by Crippen LogP contribution is 2.55. The van der Waals surface area contributed by atoms with Crippen molar-refractivity contribution < 1.29 is 14.3 Å². The van der Waals surface area contributed by atoms with Gasteiger partial charge in [0.25, 0.3) is 0 Å². The van der Waals surface area contributed by atoms with Crippen LogP contribution in [0.4, 0.5) is 0 Å². The van der Waals surface area contributed by atoms with Gasteiger partial charge in [0.1, 0.15) is 11.9 Å². The van der Waals surface area contributed by atoms with E-state index in [4.69, 9.17) is 21.1 Å². The first-order valence-electron chi connectivity index (χ1n) is 9.79. The van der Waals surface area contributed by atoms with Gasteiger partial charge in [-0.05, 0) is 69.8 Å². The van der Waals surface area contributed by atoms with E-state index in [1.54, 1.807) is 13.0 Å². The molecule has 1 saturated heterocycles. The van der Waals surface area contributed by atoms with Crippen molar-refractivity contribution >= 4 is 17.6 Å². The highest BCUT2D eigenvalue weighted by atomic mass is 35.5. The SMILES string of the molecule is CCOC(=O)c1ccc(O[C@H]2CN([C@@H](C)CC)CCC23CC3)cc1CCl. The summed E-state index contributed by atoms with van der Waals surface area (Å²) in [5, 5.41) is 0. The fraction of sp³-hybridized carbons (Fsp3) is 0.667. The van der Waals surface area contributed by atoms with E-state index in [0.29, 0.717) is 23.6 Å². The molecule has 1 aromatic carbocycles. The average Bonchev–Trinajstić information content (AvgIpc) is 3.43. The number of hydrogen-bond donors (Lipinski definition) is 0. The lowest BCUT2D eigenvalue weighted by atomic mass is 9.89. The van der Waals surface area contributed by atoms with E-state index in [-0.39, 0.29) is 18.0 Å². The van der Waals surface area contributed by atoms with Crippen molar-refractivity contribution in [2.75, 3.05) is 19.7 Å². The molecule has 3 rings (SSSR count). The Morgan fingerprint density at radius 1 is 1.35 bits per heavy atom. The lowest BCUT2D eigenvalue weighted by Crippen LogP contribution is -2.50. The molecule has 144 valence electrons. The number of alkyl halides is 1. The van der Waals surface area contributed by atoms with Crippen LogP contribution in [0.5, 0.6) is 5.75 Å². The quantitative estimate of drug-likeness (QED) is 0.511. The lowest BCUT2D eigenvalue weighted by Gasteiger charge is -2.41. The predicted molar refractivity (Wildman–Crippen MR) is 104 cm³/mol. The van der Waals surface area contributed by atoms with Crippen molar-refractivity contribution in [3.63, 3.8) is 0 Å². The highest BCUT2D eigenvalue weighted by molar-refractivity contribution is 6.17. The zero-order chi connectivity index (χ0) is 18.7. The smallest absolute Gasteiger partial charge is 0.338 e. The third kappa shape index (κ3) is 4.01. The number of rotatable bonds is 7. The van der Waals surface area contributed by atoms with Crippen LogP contribution in [-0.4, -0.2) is 42.7 Å². The van der Waals surface area contributed by atoms with E-state index in [1.807, 2.05) is 12.1 Å². The molecule has 2 fully saturated rings. The summed E-state index contributed by atoms with van der Waals surface area (Å²) in [7, 11) is 0. The largest absolute Gasteiger partial charge is 0.489 e. The molecule has 1 heterocycles. The van der Waals surface area contributed by atoms with E-state index in [1.165, 1.54) is 25.8 Å². The first kappa shape index (κ1) is 19.5. The third-order valence-electron chi connectivity index (χ3n) is 6.08. The molecule has 1 spiro atoms. The molecular weight excluding hydrogens is 350 g/mol. The predicted octanol–water partition coefficient (Wildman–Crippen LogP) is 4.63. The maximum Gasteiger partial charge on any atom is 0.338 e. The van der Waals surface area contributed by atoms with Crippen LogP contribution >= 0.6 is 11.6 Å². The topological polar surface area (TPSA) is 38.8 Å². The molecule has 0 bridgehead atoms. The molecule has 1 aliphatic heterocycles. The number of halogens is 1. The molecule has 0 N–H and O–H groups in total. The Morgan fingerprint density at radius 2 is 2.12 bits per heavy atom. The lowest BCUT2D eigenvalue weighted by molar-refractivity contribution is 0.00951. The van der Waals surface area contributed by atoms with Crippen LogP contribution < -0.4 is 4.74 Å². The minimum absolute atomic E-state index is 0.210. The molecule has 0 unspecified atom stereocenters. The summed E-state index contributed by atoms with van der Waals surface area (Å²) in [5.41, 5.74) is 1.65. The number of piperidine rings is 1. The van der Waals surface area contributed by atoms with Crippen LogP contribution in [0.15, 0.2) is 18.2 Å². The van der Waals surface area contributed by atoms with Gasteiger partial charge < -0.3 is 9.47 Å². The van der Waals surface area contributed by atoms with Crippen molar-refractivity contribution in [2.45, 2.75) is 64.5 Å². The average molecular weight is 380 g/mol. The standard InChI is InChI=1S/C21H30ClNO3/c1-4-15(3)23-11-10-21(8-9-21)19(14-23)26-17-6-7-18(16(12-17)13-22)20(24)25-5-2/h6-7,12,15,19H,4-5,8-11,13-14H2,1-3H3/t15-,19-/m0/s1. The summed E-state index contributed by atoms with van der Waals surface area (Å²) in [6.07, 6.45) is 5.10. The van der Waals surface area contributed by atoms with E-state index in [9.17, 15) is 4.79 Å². The number of hydrogen-bond acceptors (Lipinski definition) is 4. The maximum absolute atomic E-state index is 12.1. The van der Waals surface area contributed by atoms with Crippen LogP contribution in [0.25, 0.3) is 0 Å². The van der Waals surface area contributed by atoms with Gasteiger partial charge in [-0.3, -0.25) is 4.90 Å². The number of nitrogens with zero attached hydrogens (tertiary/aromatic N) is 1. The number of likely N-dealkylation sites (tertiary alicyclic amines) is 1. The van der Waals surface area contributed by atoms with Gasteiger partial charge in [0.05, 0.1) is 12.2 Å². The monoisotopic (exact) mass is 379 g/mol. The Labute approximate surface area is 161 Å². The second-order valence-electron chi connectivity index (χ2n) is 7.64. The molecule has 5 heteroatoms. The van der Waals surface area contributed by atoms with Crippen molar-refractivity contribution in [3.05, 3.63) is 29.3 Å². The zero-order valence-electron chi connectivity index (χ0n) is 16.1. The molecule has 0 amide bonds. The fourth-order valence-corrected chi connectivity index (χ4v) is 4.13. The fourth-order valence-electron chi connectivity index (χ4n) is 3.90. The minimum Gasteiger partial charge on any atom is -0.489 e. The van der Waals surface area contributed by atoms with Gasteiger partial charge in [0.15, 0.2) is 0 Å². The number of esters is 1. The molecule has 1 aromatic rings. The maximum atomic E-state index is 12.1. The Balaban J connectivity index is 1.75. The summed E-state index contributed by atoms with van der Waals surface area (Å²) in [5.74, 6) is 0.741. The van der Waals surface area contributed by atoms with Gasteiger partial charge >= 0.3 is 5.97 Å². The molecular formula is C21H30ClNO3. The van der Waals surface area contributed by atoms with Crippen molar-refractivity contribution in [2.24, 2.45) is 5.41 Å². The molecule has 2 aliphatic rings. The molecule has 2 atom stereocenters. The van der Waals surface area contributed by atoms with Gasteiger partial charge in [-0.1, -0.05) is 6.92 Å². The molecule has 0 aromatic heterocycles. The summed E-state index contributed by atoms with van der Waals surface area (Å²) in [6, 6.07) is 6.14. The van der Waals surface area contributed by atoms with Gasteiger partial charge in [0, 0.05) is 23.9 Å². The number of benzene rings is 1. The van der Waals surface area contributed by atoms with E-state index in [0.717, 1.165) is 24.3 Å². The summed E-state index contributed by atoms with van der Waals surface area (Å²) < 4.78 is 11.6. The molecule has 26 heavy (non-hydrogen) atoms. The summed E-state index contributed by atoms with van der Waals surface area (Å²) >= 11 is 6.07. The Bertz CT molecular complexity index is 644. The summed E-state index contributed by atoms with van der Waals surface area (Å²) in [6.45, 7) is 8.84. The van der Waals surface area contributed by atoms with E-state index < -0.39 is 0 Å². The van der Waals surface area contributed by atoms with Crippen LogP contribution in [0, 0.1) is 5.41 Å². The van der Waals surface area contributed by atoms with Crippen LogP contribution in [-0.2, 0) is 10.6 Å². The Morgan fingerprint density at radius 3 is 2.73 bits per heavy atom. The molecule has 0 radical (unpaired) electrons. The Hall–Kier alpha value is -1.26.